The summed E-state index contributed by atoms with van der Waals surface area (Å²) in [6.45, 7) is 12.5. The summed E-state index contributed by atoms with van der Waals surface area (Å²) < 4.78 is 0. The minimum absolute atomic E-state index is 0.367. The second-order valence-corrected chi connectivity index (χ2v) is 6.85. The Balaban J connectivity index is 2.06. The van der Waals surface area contributed by atoms with Crippen LogP contribution in [-0.2, 0) is 0 Å². The predicted octanol–water partition coefficient (Wildman–Crippen LogP) is 3.15. The molecular weight excluding hydrogens is 196 g/mol. The van der Waals surface area contributed by atoms with E-state index in [0.29, 0.717) is 16.9 Å². The summed E-state index contributed by atoms with van der Waals surface area (Å²) in [5.41, 5.74) is 3.39. The maximum atomic E-state index is 4.63. The third-order valence-corrected chi connectivity index (χ3v) is 3.93. The molecule has 0 spiro atoms. The van der Waals surface area contributed by atoms with Crippen molar-refractivity contribution in [1.82, 2.24) is 5.32 Å². The van der Waals surface area contributed by atoms with Crippen molar-refractivity contribution in [3.63, 3.8) is 0 Å². The standard InChI is InChI=1S/C14H24N2/c1-10-14(4,5)8-12(16-10)6-11-7-13(2,3)9-15-11/h6,10,16H,7-9H2,1-5H3. The third kappa shape index (κ3) is 2.31. The first-order valence-corrected chi connectivity index (χ1v) is 6.29. The first-order chi connectivity index (χ1) is 7.28. The molecule has 2 rings (SSSR count). The Morgan fingerprint density at radius 1 is 1.25 bits per heavy atom. The molecule has 0 aromatic rings. The largest absolute Gasteiger partial charge is 0.385 e. The van der Waals surface area contributed by atoms with Crippen molar-refractivity contribution in [2.45, 2.75) is 53.5 Å². The van der Waals surface area contributed by atoms with Crippen molar-refractivity contribution in [2.24, 2.45) is 15.8 Å². The lowest BCUT2D eigenvalue weighted by Gasteiger charge is -2.21. The molecule has 1 saturated heterocycles. The highest BCUT2D eigenvalue weighted by atomic mass is 15.0. The third-order valence-electron chi connectivity index (χ3n) is 3.93. The van der Waals surface area contributed by atoms with Crippen LogP contribution in [0.15, 0.2) is 16.8 Å². The highest BCUT2D eigenvalue weighted by Gasteiger charge is 2.34. The molecule has 1 N–H and O–H groups in total. The lowest BCUT2D eigenvalue weighted by Crippen LogP contribution is -2.28. The Hall–Kier alpha value is -0.790. The van der Waals surface area contributed by atoms with Crippen molar-refractivity contribution < 1.29 is 0 Å². The van der Waals surface area contributed by atoms with Gasteiger partial charge in [0.25, 0.3) is 0 Å². The highest BCUT2D eigenvalue weighted by molar-refractivity contribution is 5.97. The molecule has 16 heavy (non-hydrogen) atoms. The van der Waals surface area contributed by atoms with Crippen LogP contribution in [0.2, 0.25) is 0 Å². The average molecular weight is 220 g/mol. The van der Waals surface area contributed by atoms with E-state index >= 15 is 0 Å². The minimum Gasteiger partial charge on any atom is -0.385 e. The Morgan fingerprint density at radius 2 is 1.94 bits per heavy atom. The summed E-state index contributed by atoms with van der Waals surface area (Å²) in [5.74, 6) is 0. The van der Waals surface area contributed by atoms with E-state index in [2.05, 4.69) is 51.0 Å². The molecule has 1 atom stereocenters. The van der Waals surface area contributed by atoms with Gasteiger partial charge in [-0.2, -0.15) is 0 Å². The van der Waals surface area contributed by atoms with E-state index in [1.807, 2.05) is 0 Å². The molecule has 0 aromatic heterocycles. The van der Waals surface area contributed by atoms with Gasteiger partial charge in [0.2, 0.25) is 0 Å². The zero-order valence-corrected chi connectivity index (χ0v) is 11.2. The van der Waals surface area contributed by atoms with E-state index < -0.39 is 0 Å². The van der Waals surface area contributed by atoms with E-state index in [1.54, 1.807) is 0 Å². The number of nitrogens with zero attached hydrogens (tertiary/aromatic N) is 1. The van der Waals surface area contributed by atoms with Crippen molar-refractivity contribution in [3.8, 4) is 0 Å². The van der Waals surface area contributed by atoms with Crippen LogP contribution in [0.25, 0.3) is 0 Å². The normalized spacial score (nSPS) is 33.9. The lowest BCUT2D eigenvalue weighted by atomic mass is 9.85. The van der Waals surface area contributed by atoms with Crippen molar-refractivity contribution in [2.75, 3.05) is 6.54 Å². The molecule has 0 aliphatic carbocycles. The van der Waals surface area contributed by atoms with E-state index in [9.17, 15) is 0 Å². The molecule has 90 valence electrons. The zero-order chi connectivity index (χ0) is 12.0. The van der Waals surface area contributed by atoms with Crippen LogP contribution in [0, 0.1) is 10.8 Å². The molecule has 0 saturated carbocycles. The second kappa shape index (κ2) is 3.61. The van der Waals surface area contributed by atoms with Gasteiger partial charge in [-0.15, -0.1) is 0 Å². The van der Waals surface area contributed by atoms with Crippen LogP contribution in [0.1, 0.15) is 47.5 Å². The second-order valence-electron chi connectivity index (χ2n) is 6.85. The number of hydrogen-bond donors (Lipinski definition) is 1. The number of hydrogen-bond acceptors (Lipinski definition) is 2. The fourth-order valence-corrected chi connectivity index (χ4v) is 2.48. The van der Waals surface area contributed by atoms with Gasteiger partial charge in [0.15, 0.2) is 0 Å². The summed E-state index contributed by atoms with van der Waals surface area (Å²) in [4.78, 5) is 4.63. The highest BCUT2D eigenvalue weighted by Crippen LogP contribution is 2.36. The molecule has 2 aliphatic rings. The molecule has 1 fully saturated rings. The van der Waals surface area contributed by atoms with Gasteiger partial charge in [-0.05, 0) is 36.7 Å². The molecule has 0 radical (unpaired) electrons. The monoisotopic (exact) mass is 220 g/mol. The van der Waals surface area contributed by atoms with E-state index in [1.165, 1.54) is 11.4 Å². The molecule has 0 amide bonds. The van der Waals surface area contributed by atoms with Gasteiger partial charge in [-0.1, -0.05) is 27.7 Å². The maximum Gasteiger partial charge on any atom is 0.0447 e. The molecule has 2 aliphatic heterocycles. The van der Waals surface area contributed by atoms with Crippen molar-refractivity contribution >= 4 is 5.71 Å². The molecule has 1 unspecified atom stereocenters. The quantitative estimate of drug-likeness (QED) is 0.721. The average Bonchev–Trinajstić information content (AvgIpc) is 2.54. The summed E-state index contributed by atoms with van der Waals surface area (Å²) in [5, 5.41) is 3.58. The van der Waals surface area contributed by atoms with Crippen LogP contribution in [-0.4, -0.2) is 18.3 Å². The molecule has 2 heterocycles. The van der Waals surface area contributed by atoms with Gasteiger partial charge in [0, 0.05) is 24.0 Å². The Morgan fingerprint density at radius 3 is 2.38 bits per heavy atom. The summed E-state index contributed by atoms with van der Waals surface area (Å²) in [6, 6.07) is 0.564. The van der Waals surface area contributed by atoms with Crippen LogP contribution < -0.4 is 5.32 Å². The maximum absolute atomic E-state index is 4.63. The van der Waals surface area contributed by atoms with Crippen LogP contribution in [0.5, 0.6) is 0 Å². The van der Waals surface area contributed by atoms with Gasteiger partial charge in [-0.25, -0.2) is 0 Å². The van der Waals surface area contributed by atoms with Crippen molar-refractivity contribution in [1.29, 1.82) is 0 Å². The SMILES string of the molecule is CC1NC(=CC2=NCC(C)(C)C2)CC1(C)C. The fraction of sp³-hybridized carbons (Fsp3) is 0.786. The first-order valence-electron chi connectivity index (χ1n) is 6.29. The lowest BCUT2D eigenvalue weighted by molar-refractivity contribution is 0.333. The summed E-state index contributed by atoms with van der Waals surface area (Å²) in [7, 11) is 0. The van der Waals surface area contributed by atoms with Gasteiger partial charge in [0.1, 0.15) is 0 Å². The fourth-order valence-electron chi connectivity index (χ4n) is 2.48. The van der Waals surface area contributed by atoms with Gasteiger partial charge < -0.3 is 5.32 Å². The minimum atomic E-state index is 0.367. The van der Waals surface area contributed by atoms with E-state index in [4.69, 9.17) is 0 Å². The number of nitrogens with one attached hydrogen (secondary N) is 1. The van der Waals surface area contributed by atoms with Crippen LogP contribution >= 0.6 is 0 Å². The zero-order valence-electron chi connectivity index (χ0n) is 11.2. The van der Waals surface area contributed by atoms with Gasteiger partial charge >= 0.3 is 0 Å². The van der Waals surface area contributed by atoms with E-state index in [-0.39, 0.29) is 0 Å². The summed E-state index contributed by atoms with van der Waals surface area (Å²) in [6.07, 6.45) is 4.54. The van der Waals surface area contributed by atoms with Crippen LogP contribution in [0.3, 0.4) is 0 Å². The smallest absolute Gasteiger partial charge is 0.0447 e. The molecule has 0 bridgehead atoms. The van der Waals surface area contributed by atoms with Crippen LogP contribution in [0.4, 0.5) is 0 Å². The summed E-state index contributed by atoms with van der Waals surface area (Å²) >= 11 is 0. The number of allylic oxidation sites excluding steroid dienone is 2. The molecule has 0 aromatic carbocycles. The Bertz CT molecular complexity index is 348. The Labute approximate surface area is 99.2 Å². The number of aliphatic imine (C=N–C) groups is 1. The van der Waals surface area contributed by atoms with Gasteiger partial charge in [-0.3, -0.25) is 4.99 Å². The topological polar surface area (TPSA) is 24.4 Å². The number of rotatable bonds is 1. The first kappa shape index (κ1) is 11.7. The van der Waals surface area contributed by atoms with Crippen molar-refractivity contribution in [3.05, 3.63) is 11.8 Å². The van der Waals surface area contributed by atoms with Gasteiger partial charge in [0.05, 0.1) is 0 Å². The molecule has 2 nitrogen and oxygen atoms in total. The molecule has 2 heteroatoms. The molecular formula is C14H24N2. The Kier molecular flexibility index (Phi) is 2.64. The predicted molar refractivity (Wildman–Crippen MR) is 69.8 cm³/mol. The van der Waals surface area contributed by atoms with E-state index in [0.717, 1.165) is 19.4 Å².